The Hall–Kier alpha value is -1.85. The summed E-state index contributed by atoms with van der Waals surface area (Å²) in [5.74, 6) is 1.72. The molecule has 128 valence electrons. The summed E-state index contributed by atoms with van der Waals surface area (Å²) in [6.07, 6.45) is 0.758. The van der Waals surface area contributed by atoms with E-state index in [1.54, 1.807) is 4.57 Å². The Bertz CT molecular complexity index is 793. The zero-order valence-corrected chi connectivity index (χ0v) is 15.0. The maximum atomic E-state index is 12.8. The highest BCUT2D eigenvalue weighted by molar-refractivity contribution is 5.69. The van der Waals surface area contributed by atoms with Crippen LogP contribution < -0.4 is 11.2 Å². The molecule has 0 amide bonds. The molecule has 0 saturated carbocycles. The molecule has 6 nitrogen and oxygen atoms in total. The number of aromatic amines is 1. The van der Waals surface area contributed by atoms with E-state index in [0.717, 1.165) is 12.2 Å². The summed E-state index contributed by atoms with van der Waals surface area (Å²) in [5.41, 5.74) is 0.416. The van der Waals surface area contributed by atoms with Crippen LogP contribution in [0.15, 0.2) is 9.59 Å². The summed E-state index contributed by atoms with van der Waals surface area (Å²) < 4.78 is 2.98. The molecule has 2 rings (SSSR count). The minimum Gasteiger partial charge on any atom is -0.336 e. The average Bonchev–Trinajstić information content (AvgIpc) is 2.82. The summed E-state index contributed by atoms with van der Waals surface area (Å²) in [7, 11) is 0. The third-order valence-corrected chi connectivity index (χ3v) is 3.61. The highest BCUT2D eigenvalue weighted by Gasteiger charge is 2.18. The molecule has 6 heteroatoms. The number of nitrogens with zero attached hydrogens (tertiary/aromatic N) is 3. The van der Waals surface area contributed by atoms with Crippen molar-refractivity contribution in [2.24, 2.45) is 17.8 Å². The number of rotatable bonds is 6. The molecular formula is C17H28N4O2. The van der Waals surface area contributed by atoms with E-state index < -0.39 is 0 Å². The van der Waals surface area contributed by atoms with E-state index in [-0.39, 0.29) is 17.2 Å². The highest BCUT2D eigenvalue weighted by Crippen LogP contribution is 2.11. The summed E-state index contributed by atoms with van der Waals surface area (Å²) in [6.45, 7) is 13.3. The number of aromatic nitrogens is 4. The third-order valence-electron chi connectivity index (χ3n) is 3.61. The molecule has 0 fully saturated rings. The fourth-order valence-corrected chi connectivity index (χ4v) is 2.75. The van der Waals surface area contributed by atoms with Gasteiger partial charge in [0.05, 0.1) is 0 Å². The van der Waals surface area contributed by atoms with Gasteiger partial charge in [0.15, 0.2) is 5.65 Å². The van der Waals surface area contributed by atoms with Crippen molar-refractivity contribution in [2.75, 3.05) is 0 Å². The van der Waals surface area contributed by atoms with Gasteiger partial charge in [0.2, 0.25) is 0 Å². The second-order valence-electron chi connectivity index (χ2n) is 7.58. The van der Waals surface area contributed by atoms with Gasteiger partial charge in [-0.15, -0.1) is 0 Å². The fourth-order valence-electron chi connectivity index (χ4n) is 2.75. The van der Waals surface area contributed by atoms with Gasteiger partial charge < -0.3 is 4.98 Å². The quantitative estimate of drug-likeness (QED) is 0.888. The van der Waals surface area contributed by atoms with Crippen molar-refractivity contribution in [1.82, 2.24) is 19.1 Å². The highest BCUT2D eigenvalue weighted by atomic mass is 16.2. The van der Waals surface area contributed by atoms with Crippen LogP contribution in [-0.2, 0) is 19.5 Å². The number of imidazole rings is 1. The first-order chi connectivity index (χ1) is 10.7. The molecule has 0 spiro atoms. The van der Waals surface area contributed by atoms with E-state index in [9.17, 15) is 9.59 Å². The smallest absolute Gasteiger partial charge is 0.332 e. The van der Waals surface area contributed by atoms with Crippen LogP contribution in [0.25, 0.3) is 11.2 Å². The summed E-state index contributed by atoms with van der Waals surface area (Å²) in [6, 6.07) is 0. The Morgan fingerprint density at radius 3 is 2.00 bits per heavy atom. The number of fused-ring (bicyclic) bond motifs is 1. The lowest BCUT2D eigenvalue weighted by Gasteiger charge is -2.14. The zero-order valence-electron chi connectivity index (χ0n) is 15.0. The first-order valence-electron chi connectivity index (χ1n) is 8.42. The lowest BCUT2D eigenvalue weighted by Crippen LogP contribution is -2.41. The molecule has 0 aromatic carbocycles. The van der Waals surface area contributed by atoms with Gasteiger partial charge in [-0.1, -0.05) is 41.5 Å². The van der Waals surface area contributed by atoms with Crippen LogP contribution in [0.4, 0.5) is 0 Å². The van der Waals surface area contributed by atoms with E-state index in [4.69, 9.17) is 0 Å². The van der Waals surface area contributed by atoms with Crippen molar-refractivity contribution < 1.29 is 0 Å². The lowest BCUT2D eigenvalue weighted by molar-refractivity contribution is 0.450. The van der Waals surface area contributed by atoms with E-state index in [0.29, 0.717) is 36.1 Å². The van der Waals surface area contributed by atoms with Gasteiger partial charge in [-0.2, -0.15) is 0 Å². The third kappa shape index (κ3) is 3.74. The second kappa shape index (κ2) is 6.72. The topological polar surface area (TPSA) is 72.7 Å². The molecule has 0 unspecified atom stereocenters. The van der Waals surface area contributed by atoms with Gasteiger partial charge in [0, 0.05) is 19.5 Å². The normalized spacial score (nSPS) is 12.2. The van der Waals surface area contributed by atoms with Crippen molar-refractivity contribution in [3.63, 3.8) is 0 Å². The summed E-state index contributed by atoms with van der Waals surface area (Å²) in [5, 5.41) is 0. The van der Waals surface area contributed by atoms with E-state index in [1.807, 2.05) is 13.8 Å². The van der Waals surface area contributed by atoms with Gasteiger partial charge in [-0.05, 0) is 17.8 Å². The van der Waals surface area contributed by atoms with Crippen LogP contribution in [-0.4, -0.2) is 19.1 Å². The molecule has 0 aliphatic rings. The molecule has 2 aromatic rings. The van der Waals surface area contributed by atoms with Crippen molar-refractivity contribution in [1.29, 1.82) is 0 Å². The van der Waals surface area contributed by atoms with Crippen molar-refractivity contribution in [3.05, 3.63) is 26.7 Å². The van der Waals surface area contributed by atoms with Crippen LogP contribution in [0.1, 0.15) is 47.4 Å². The summed E-state index contributed by atoms with van der Waals surface area (Å²) in [4.78, 5) is 33.2. The van der Waals surface area contributed by atoms with Gasteiger partial charge in [0.1, 0.15) is 11.3 Å². The standard InChI is InChI=1S/C17H28N4O2/c1-10(2)7-13-18-14-15(19-13)20(8-11(3)4)17(23)21(16(14)22)9-12(5)6/h10-12H,7-9H2,1-6H3,(H,18,19). The molecule has 2 aromatic heterocycles. The number of hydrogen-bond donors (Lipinski definition) is 1. The molecule has 0 saturated heterocycles. The Morgan fingerprint density at radius 2 is 1.48 bits per heavy atom. The maximum absolute atomic E-state index is 12.8. The largest absolute Gasteiger partial charge is 0.336 e. The van der Waals surface area contributed by atoms with Crippen molar-refractivity contribution in [3.8, 4) is 0 Å². The van der Waals surface area contributed by atoms with Gasteiger partial charge in [-0.3, -0.25) is 13.9 Å². The van der Waals surface area contributed by atoms with Gasteiger partial charge in [0.25, 0.3) is 5.56 Å². The Morgan fingerprint density at radius 1 is 0.913 bits per heavy atom. The van der Waals surface area contributed by atoms with Crippen LogP contribution in [0, 0.1) is 17.8 Å². The number of nitrogens with one attached hydrogen (secondary N) is 1. The molecule has 1 N–H and O–H groups in total. The number of H-pyrrole nitrogens is 1. The Kier molecular flexibility index (Phi) is 5.12. The predicted octanol–water partition coefficient (Wildman–Crippen LogP) is 2.40. The second-order valence-corrected chi connectivity index (χ2v) is 7.58. The fraction of sp³-hybridized carbons (Fsp3) is 0.706. The maximum Gasteiger partial charge on any atom is 0.332 e. The van der Waals surface area contributed by atoms with Crippen molar-refractivity contribution in [2.45, 2.75) is 61.1 Å². The molecule has 0 aliphatic heterocycles. The van der Waals surface area contributed by atoms with E-state index in [2.05, 4.69) is 37.7 Å². The average molecular weight is 320 g/mol. The lowest BCUT2D eigenvalue weighted by atomic mass is 10.1. The first kappa shape index (κ1) is 17.5. The zero-order chi connectivity index (χ0) is 17.3. The Labute approximate surface area is 136 Å². The van der Waals surface area contributed by atoms with Gasteiger partial charge in [-0.25, -0.2) is 9.78 Å². The molecule has 0 atom stereocenters. The molecule has 2 heterocycles. The molecule has 0 aliphatic carbocycles. The van der Waals surface area contributed by atoms with E-state index in [1.165, 1.54) is 4.57 Å². The van der Waals surface area contributed by atoms with Crippen LogP contribution in [0.3, 0.4) is 0 Å². The van der Waals surface area contributed by atoms with Crippen LogP contribution in [0.2, 0.25) is 0 Å². The monoisotopic (exact) mass is 320 g/mol. The molecular weight excluding hydrogens is 292 g/mol. The van der Waals surface area contributed by atoms with Crippen LogP contribution >= 0.6 is 0 Å². The minimum atomic E-state index is -0.263. The van der Waals surface area contributed by atoms with Crippen LogP contribution in [0.5, 0.6) is 0 Å². The SMILES string of the molecule is CC(C)Cc1nc2c([nH]1)c(=O)n(CC(C)C)c(=O)n2CC(C)C. The summed E-state index contributed by atoms with van der Waals surface area (Å²) >= 11 is 0. The number of hydrogen-bond acceptors (Lipinski definition) is 3. The predicted molar refractivity (Wildman–Crippen MR) is 92.8 cm³/mol. The van der Waals surface area contributed by atoms with Crippen molar-refractivity contribution >= 4 is 11.2 Å². The first-order valence-corrected chi connectivity index (χ1v) is 8.42. The molecule has 0 radical (unpaired) electrons. The Balaban J connectivity index is 2.74. The van der Waals surface area contributed by atoms with E-state index >= 15 is 0 Å². The van der Waals surface area contributed by atoms with Gasteiger partial charge >= 0.3 is 5.69 Å². The molecule has 23 heavy (non-hydrogen) atoms. The minimum absolute atomic E-state index is 0.225. The molecule has 0 bridgehead atoms.